The van der Waals surface area contributed by atoms with Crippen LogP contribution in [-0.4, -0.2) is 17.5 Å². The molecule has 0 aromatic heterocycles. The minimum absolute atomic E-state index is 0.103. The molecule has 6 atom stereocenters. The highest BCUT2D eigenvalue weighted by Gasteiger charge is 2.72. The number of rotatable bonds is 0. The van der Waals surface area contributed by atoms with Gasteiger partial charge in [-0.05, 0) is 32.1 Å². The van der Waals surface area contributed by atoms with E-state index in [-0.39, 0.29) is 5.60 Å². The molecule has 0 amide bonds. The number of carbonyl (C=O) groups is 1. The summed E-state index contributed by atoms with van der Waals surface area (Å²) >= 11 is 0. The molecule has 2 heterocycles. The third-order valence-electron chi connectivity index (χ3n) is 5.17. The van der Waals surface area contributed by atoms with Crippen molar-refractivity contribution in [2.75, 3.05) is 0 Å². The summed E-state index contributed by atoms with van der Waals surface area (Å²) in [5.74, 6) is 2.38. The minimum atomic E-state index is 0.103. The second kappa shape index (κ2) is 1.72. The predicted octanol–water partition coefficient (Wildman–Crippen LogP) is 1.39. The van der Waals surface area contributed by atoms with Crippen LogP contribution in [0.1, 0.15) is 26.2 Å². The second-order valence-corrected chi connectivity index (χ2v) is 5.40. The van der Waals surface area contributed by atoms with Gasteiger partial charge in [0, 0.05) is 17.8 Å². The van der Waals surface area contributed by atoms with E-state index in [2.05, 4.69) is 6.92 Å². The second-order valence-electron chi connectivity index (χ2n) is 5.40. The van der Waals surface area contributed by atoms with Crippen molar-refractivity contribution in [3.63, 3.8) is 0 Å². The van der Waals surface area contributed by atoms with Crippen LogP contribution >= 0.6 is 0 Å². The van der Waals surface area contributed by atoms with Gasteiger partial charge in [-0.1, -0.05) is 0 Å². The van der Waals surface area contributed by atoms with Crippen LogP contribution in [-0.2, 0) is 9.53 Å². The quantitative estimate of drug-likeness (QED) is 0.560. The lowest BCUT2D eigenvalue weighted by Gasteiger charge is -2.40. The first-order valence-electron chi connectivity index (χ1n) is 5.43. The Morgan fingerprint density at radius 2 is 2.15 bits per heavy atom. The predicted molar refractivity (Wildman–Crippen MR) is 46.1 cm³/mol. The minimum Gasteiger partial charge on any atom is -0.371 e. The van der Waals surface area contributed by atoms with Crippen molar-refractivity contribution in [2.24, 2.45) is 23.7 Å². The van der Waals surface area contributed by atoms with Gasteiger partial charge in [0.1, 0.15) is 5.78 Å². The van der Waals surface area contributed by atoms with Gasteiger partial charge in [0.2, 0.25) is 0 Å². The lowest BCUT2D eigenvalue weighted by molar-refractivity contribution is -0.141. The van der Waals surface area contributed by atoms with E-state index in [1.165, 1.54) is 12.8 Å². The van der Waals surface area contributed by atoms with Crippen LogP contribution in [0.3, 0.4) is 0 Å². The third kappa shape index (κ3) is 0.518. The zero-order chi connectivity index (χ0) is 8.79. The van der Waals surface area contributed by atoms with Crippen LogP contribution in [0.4, 0.5) is 0 Å². The first-order chi connectivity index (χ1) is 6.22. The molecule has 2 nitrogen and oxygen atoms in total. The maximum Gasteiger partial charge on any atom is 0.142 e. The van der Waals surface area contributed by atoms with Crippen molar-refractivity contribution in [3.05, 3.63) is 0 Å². The van der Waals surface area contributed by atoms with E-state index in [0.29, 0.717) is 35.6 Å². The Labute approximate surface area is 77.6 Å². The summed E-state index contributed by atoms with van der Waals surface area (Å²) < 4.78 is 6.08. The van der Waals surface area contributed by atoms with Gasteiger partial charge in [-0.25, -0.2) is 0 Å². The first-order valence-corrected chi connectivity index (χ1v) is 5.43. The molecule has 0 aromatic rings. The summed E-state index contributed by atoms with van der Waals surface area (Å²) in [7, 11) is 0. The number of ether oxygens (including phenoxy) is 1. The fourth-order valence-corrected chi connectivity index (χ4v) is 4.73. The monoisotopic (exact) mass is 178 g/mol. The Morgan fingerprint density at radius 3 is 3.00 bits per heavy atom. The van der Waals surface area contributed by atoms with Crippen molar-refractivity contribution in [2.45, 2.75) is 37.9 Å². The summed E-state index contributed by atoms with van der Waals surface area (Å²) in [4.78, 5) is 11.9. The van der Waals surface area contributed by atoms with E-state index >= 15 is 0 Å². The standard InChI is InChI=1S/C11H14O2/c1-11-6-2-3-7(11)9-8(13-11)4-5(6)10(9)12/h5-9H,2-4H2,1H3/t5-,6-,7+,8+,9-,11-/m1/s1. The molecule has 0 spiro atoms. The van der Waals surface area contributed by atoms with Crippen molar-refractivity contribution in [3.8, 4) is 0 Å². The molecule has 0 radical (unpaired) electrons. The first kappa shape index (κ1) is 6.99. The molecular formula is C11H14O2. The zero-order valence-electron chi connectivity index (χ0n) is 7.82. The van der Waals surface area contributed by atoms with Crippen molar-refractivity contribution in [1.82, 2.24) is 0 Å². The average Bonchev–Trinajstić information content (AvgIpc) is 2.51. The van der Waals surface area contributed by atoms with E-state index in [4.69, 9.17) is 4.74 Å². The van der Waals surface area contributed by atoms with Gasteiger partial charge in [0.15, 0.2) is 0 Å². The van der Waals surface area contributed by atoms with Crippen LogP contribution in [0.5, 0.6) is 0 Å². The van der Waals surface area contributed by atoms with E-state index in [0.717, 1.165) is 6.42 Å². The topological polar surface area (TPSA) is 26.3 Å². The molecule has 3 saturated carbocycles. The highest BCUT2D eigenvalue weighted by molar-refractivity contribution is 5.89. The molecule has 5 rings (SSSR count). The summed E-state index contributed by atoms with van der Waals surface area (Å²) in [6.45, 7) is 2.25. The highest BCUT2D eigenvalue weighted by Crippen LogP contribution is 2.66. The number of hydrogen-bond acceptors (Lipinski definition) is 2. The number of carbonyl (C=O) groups excluding carboxylic acids is 1. The van der Waals surface area contributed by atoms with Gasteiger partial charge in [0.05, 0.1) is 11.7 Å². The molecule has 2 aliphatic heterocycles. The van der Waals surface area contributed by atoms with Crippen LogP contribution in [0.25, 0.3) is 0 Å². The third-order valence-corrected chi connectivity index (χ3v) is 5.17. The number of Topliss-reactive ketones (excluding diaryl/α,β-unsaturated/α-hetero) is 1. The molecule has 70 valence electrons. The van der Waals surface area contributed by atoms with E-state index in [1.807, 2.05) is 0 Å². The van der Waals surface area contributed by atoms with Gasteiger partial charge in [0.25, 0.3) is 0 Å². The molecule has 0 unspecified atom stereocenters. The zero-order valence-corrected chi connectivity index (χ0v) is 7.82. The molecular weight excluding hydrogens is 164 g/mol. The van der Waals surface area contributed by atoms with E-state index in [9.17, 15) is 4.79 Å². The lowest BCUT2D eigenvalue weighted by Crippen LogP contribution is -2.47. The van der Waals surface area contributed by atoms with E-state index in [1.54, 1.807) is 0 Å². The van der Waals surface area contributed by atoms with Crippen LogP contribution in [0, 0.1) is 23.7 Å². The molecule has 5 fully saturated rings. The maximum absolute atomic E-state index is 11.9. The van der Waals surface area contributed by atoms with Gasteiger partial charge in [-0.2, -0.15) is 0 Å². The van der Waals surface area contributed by atoms with Gasteiger partial charge < -0.3 is 4.74 Å². The molecule has 13 heavy (non-hydrogen) atoms. The largest absolute Gasteiger partial charge is 0.371 e. The summed E-state index contributed by atoms with van der Waals surface area (Å²) in [5, 5.41) is 0. The normalized spacial score (nSPS) is 66.8. The van der Waals surface area contributed by atoms with Gasteiger partial charge >= 0.3 is 0 Å². The summed E-state index contributed by atoms with van der Waals surface area (Å²) in [5.41, 5.74) is 0.103. The fourth-order valence-electron chi connectivity index (χ4n) is 4.73. The smallest absolute Gasteiger partial charge is 0.142 e. The Bertz CT molecular complexity index is 303. The molecule has 5 aliphatic rings. The Morgan fingerprint density at radius 1 is 1.38 bits per heavy atom. The Balaban J connectivity index is 1.97. The average molecular weight is 178 g/mol. The van der Waals surface area contributed by atoms with E-state index < -0.39 is 0 Å². The summed E-state index contributed by atoms with van der Waals surface area (Å²) in [6.07, 6.45) is 3.83. The van der Waals surface area contributed by atoms with Gasteiger partial charge in [-0.15, -0.1) is 0 Å². The van der Waals surface area contributed by atoms with Crippen LogP contribution in [0.2, 0.25) is 0 Å². The molecule has 3 aliphatic carbocycles. The molecule has 0 aromatic carbocycles. The van der Waals surface area contributed by atoms with Crippen molar-refractivity contribution in [1.29, 1.82) is 0 Å². The van der Waals surface area contributed by atoms with Crippen molar-refractivity contribution >= 4 is 5.78 Å². The SMILES string of the molecule is C[C@]12O[C@H]3C[C@H]4C(=O)[C@@H]3[C@@H]1CC[C@H]42. The Kier molecular flexibility index (Phi) is 0.926. The highest BCUT2D eigenvalue weighted by atomic mass is 16.5. The Hall–Kier alpha value is -0.370. The van der Waals surface area contributed by atoms with Crippen molar-refractivity contribution < 1.29 is 9.53 Å². The lowest BCUT2D eigenvalue weighted by atomic mass is 9.70. The molecule has 2 heteroatoms. The van der Waals surface area contributed by atoms with Crippen LogP contribution < -0.4 is 0 Å². The molecule has 6 bridgehead atoms. The molecule has 0 N–H and O–H groups in total. The van der Waals surface area contributed by atoms with Crippen LogP contribution in [0.15, 0.2) is 0 Å². The number of hydrogen-bond donors (Lipinski definition) is 0. The maximum atomic E-state index is 11.9. The number of ketones is 1. The summed E-state index contributed by atoms with van der Waals surface area (Å²) in [6, 6.07) is 0. The van der Waals surface area contributed by atoms with Gasteiger partial charge in [-0.3, -0.25) is 4.79 Å². The molecule has 2 saturated heterocycles. The fraction of sp³-hybridized carbons (Fsp3) is 0.909.